The fourth-order valence-electron chi connectivity index (χ4n) is 0.0556. The number of carboxylic acid groups (broad SMARTS) is 1. The van der Waals surface area contributed by atoms with Gasteiger partial charge in [0, 0.05) is 0 Å². The van der Waals surface area contributed by atoms with Gasteiger partial charge in [-0.1, -0.05) is 6.08 Å². The monoisotopic (exact) mass is 313 g/mol. The molecule has 0 atom stereocenters. The zero-order chi connectivity index (χ0) is 4.99. The molecule has 0 aliphatic rings. The normalized spacial score (nSPS) is 6.22. The van der Waals surface area contributed by atoms with Crippen molar-refractivity contribution in [3.05, 3.63) is 24.6 Å². The van der Waals surface area contributed by atoms with E-state index in [1.54, 1.807) is 0 Å². The van der Waals surface area contributed by atoms with Gasteiger partial charge in [0.05, 0.1) is 5.97 Å². The van der Waals surface area contributed by atoms with Crippen molar-refractivity contribution in [2.24, 2.45) is 0 Å². The molecule has 0 bridgehead atoms. The number of carboxylic acids is 1. The van der Waals surface area contributed by atoms with Crippen LogP contribution in [0.1, 0.15) is 0 Å². The summed E-state index contributed by atoms with van der Waals surface area (Å²) < 4.78 is 0. The van der Waals surface area contributed by atoms with Crippen LogP contribution in [0.25, 0.3) is 12.3 Å². The second-order valence-electron chi connectivity index (χ2n) is 0.622. The van der Waals surface area contributed by atoms with Crippen LogP contribution >= 0.6 is 0 Å². The first-order valence-electron chi connectivity index (χ1n) is 1.27. The molecule has 0 unspecified atom stereocenters. The van der Waals surface area contributed by atoms with Crippen LogP contribution < -0.4 is 10.2 Å². The predicted molar refractivity (Wildman–Crippen MR) is 24.7 cm³/mol. The van der Waals surface area contributed by atoms with Crippen molar-refractivity contribution in [3.8, 4) is 0 Å². The Morgan fingerprint density at radius 3 is 1.67 bits per heavy atom. The molecule has 0 rings (SSSR count). The molecule has 0 aliphatic carbocycles. The topological polar surface area (TPSA) is 130 Å². The van der Waals surface area contributed by atoms with Crippen molar-refractivity contribution >= 4 is 5.97 Å². The number of carbonyl (C=O) groups excluding carboxylic acids is 1. The molecule has 0 heterocycles. The van der Waals surface area contributed by atoms with Crippen LogP contribution in [0.5, 0.6) is 0 Å². The van der Waals surface area contributed by atoms with Crippen molar-refractivity contribution < 1.29 is 36.1 Å². The molecule has 56 valence electrons. The molecule has 0 amide bonds. The summed E-state index contributed by atoms with van der Waals surface area (Å²) in [6.45, 7) is 0. The Balaban J connectivity index is -0.0000000417. The summed E-state index contributed by atoms with van der Waals surface area (Å²) in [5.74, 6) is -1.45. The van der Waals surface area contributed by atoms with E-state index < -0.39 is 5.97 Å². The van der Waals surface area contributed by atoms with Gasteiger partial charge in [0.1, 0.15) is 0 Å². The van der Waals surface area contributed by atoms with E-state index in [1.807, 2.05) is 0 Å². The van der Waals surface area contributed by atoms with Gasteiger partial charge >= 0.3 is 21.1 Å². The predicted octanol–water partition coefficient (Wildman–Crippen LogP) is -0.958. The maximum Gasteiger partial charge on any atom is 4.00 e. The Labute approximate surface area is 67.2 Å². The summed E-state index contributed by atoms with van der Waals surface area (Å²) in [4.78, 5) is 9.20. The minimum absolute atomic E-state index is 0. The fourth-order valence-corrected chi connectivity index (χ4v) is 0.0556. The van der Waals surface area contributed by atoms with E-state index in [0.29, 0.717) is 6.08 Å². The zero-order valence-electron chi connectivity index (χ0n) is 4.35. The average Bonchev–Trinajstić information content (AvgIpc) is 1.35. The number of hydrogen-bond donors (Lipinski definition) is 0. The van der Waals surface area contributed by atoms with E-state index in [-0.39, 0.29) is 39.6 Å². The van der Waals surface area contributed by atoms with E-state index in [2.05, 4.69) is 0 Å². The van der Waals surface area contributed by atoms with Crippen LogP contribution in [-0.4, -0.2) is 5.97 Å². The van der Waals surface area contributed by atoms with Crippen LogP contribution in [-0.2, 0) is 25.9 Å². The average molecular weight is 313 g/mol. The van der Waals surface area contributed by atoms with Crippen molar-refractivity contribution in [2.75, 3.05) is 0 Å². The Bertz CT molecular complexity index is 85.1. The van der Waals surface area contributed by atoms with Gasteiger partial charge in [0.2, 0.25) is 0 Å². The first kappa shape index (κ1) is 23.5. The molecule has 0 spiro atoms. The quantitative estimate of drug-likeness (QED) is 0.456. The molecular weight excluding hydrogens is 307 g/mol. The van der Waals surface area contributed by atoms with Crippen molar-refractivity contribution in [1.29, 1.82) is 0 Å². The molecule has 0 saturated heterocycles. The molecule has 0 aromatic heterocycles. The molecule has 0 aromatic rings. The Hall–Kier alpha value is -0.382. The smallest absolute Gasteiger partial charge is 0.878 e. The third-order valence-electron chi connectivity index (χ3n) is 0.204. The second-order valence-corrected chi connectivity index (χ2v) is 0.622. The number of hydrogen-bond acceptors (Lipinski definition) is 3. The van der Waals surface area contributed by atoms with Gasteiger partial charge in [-0.3, -0.25) is 0 Å². The minimum atomic E-state index is -1.45. The van der Waals surface area contributed by atoms with Gasteiger partial charge in [-0.2, -0.15) is 0 Å². The molecule has 4 N–H and O–H groups in total. The van der Waals surface area contributed by atoms with Gasteiger partial charge in [-0.05, 0) is 0 Å². The molecule has 6 heteroatoms. The number of nitrogens with two attached hydrogens (primary N) is 2. The summed E-state index contributed by atoms with van der Waals surface area (Å²) in [6.07, 6.45) is 0.579. The van der Waals surface area contributed by atoms with Gasteiger partial charge < -0.3 is 27.3 Å². The molecule has 0 aliphatic heterocycles. The SMILES string of the molecule is O=C([O-])/C=C\[O-].[NH2-].[NH2-].[Pt+4]. The molecule has 5 nitrogen and oxygen atoms in total. The number of carbonyl (C=O) groups is 1. The zero-order valence-corrected chi connectivity index (χ0v) is 6.62. The molecular formula is C3H6N2O3Pt. The van der Waals surface area contributed by atoms with Crippen LogP contribution in [0.2, 0.25) is 0 Å². The van der Waals surface area contributed by atoms with E-state index >= 15 is 0 Å². The van der Waals surface area contributed by atoms with Crippen molar-refractivity contribution in [2.45, 2.75) is 0 Å². The van der Waals surface area contributed by atoms with Crippen LogP contribution in [0.4, 0.5) is 0 Å². The fraction of sp³-hybridized carbons (Fsp3) is 0. The maximum absolute atomic E-state index is 9.20. The summed E-state index contributed by atoms with van der Waals surface area (Å²) in [5.41, 5.74) is 0. The molecule has 9 heavy (non-hydrogen) atoms. The van der Waals surface area contributed by atoms with E-state index in [9.17, 15) is 9.90 Å². The summed E-state index contributed by atoms with van der Waals surface area (Å²) in [6, 6.07) is 0. The molecule has 0 radical (unpaired) electrons. The number of aliphatic carboxylic acids is 1. The Kier molecular flexibility index (Phi) is 40.8. The van der Waals surface area contributed by atoms with Crippen molar-refractivity contribution in [3.63, 3.8) is 0 Å². The first-order chi connectivity index (χ1) is 2.77. The van der Waals surface area contributed by atoms with Gasteiger partial charge in [0.15, 0.2) is 0 Å². The largest absolute Gasteiger partial charge is 4.00 e. The number of rotatable bonds is 1. The van der Waals surface area contributed by atoms with E-state index in [1.165, 1.54) is 0 Å². The van der Waals surface area contributed by atoms with Gasteiger partial charge in [-0.15, -0.1) is 6.26 Å². The van der Waals surface area contributed by atoms with Crippen LogP contribution in [0, 0.1) is 0 Å². The van der Waals surface area contributed by atoms with Gasteiger partial charge in [0.25, 0.3) is 0 Å². The first-order valence-corrected chi connectivity index (χ1v) is 1.27. The molecule has 0 saturated carbocycles. The molecule has 0 aromatic carbocycles. The summed E-state index contributed by atoms with van der Waals surface area (Å²) in [7, 11) is 0. The van der Waals surface area contributed by atoms with Crippen LogP contribution in [0.3, 0.4) is 0 Å². The second kappa shape index (κ2) is 15.6. The summed E-state index contributed by atoms with van der Waals surface area (Å²) in [5, 5.41) is 18.3. The minimum Gasteiger partial charge on any atom is -0.878 e. The third-order valence-corrected chi connectivity index (χ3v) is 0.204. The van der Waals surface area contributed by atoms with Crippen LogP contribution in [0.15, 0.2) is 12.3 Å². The van der Waals surface area contributed by atoms with E-state index in [4.69, 9.17) is 5.11 Å². The van der Waals surface area contributed by atoms with Crippen molar-refractivity contribution in [1.82, 2.24) is 0 Å². The maximum atomic E-state index is 9.20. The standard InChI is InChI=1S/C3H4O3.2H2N.Pt/c4-2-1-3(5)6;;;/h1-2,4H,(H,5,6);2*1H2;/q;2*-1;+4/p-2/b2-1-;;;. The Morgan fingerprint density at radius 1 is 1.33 bits per heavy atom. The Morgan fingerprint density at radius 2 is 1.67 bits per heavy atom. The van der Waals surface area contributed by atoms with E-state index in [0.717, 1.165) is 0 Å². The third kappa shape index (κ3) is 35.1. The van der Waals surface area contributed by atoms with Gasteiger partial charge in [-0.25, -0.2) is 0 Å². The summed E-state index contributed by atoms with van der Waals surface area (Å²) >= 11 is 0. The molecule has 0 fully saturated rings.